The number of thiocarbonyl (C=S) groups is 1. The van der Waals surface area contributed by atoms with Crippen molar-refractivity contribution in [1.82, 2.24) is 9.80 Å². The molecule has 6 heteroatoms. The second-order valence-corrected chi connectivity index (χ2v) is 4.91. The van der Waals surface area contributed by atoms with Gasteiger partial charge in [0.1, 0.15) is 0 Å². The fourth-order valence-corrected chi connectivity index (χ4v) is 2.35. The number of hydrogen-bond acceptors (Lipinski definition) is 3. The molecule has 3 N–H and O–H groups in total. The normalized spacial score (nSPS) is 16.1. The molecule has 0 atom stereocenters. The molecule has 0 saturated carbocycles. The molecule has 1 aromatic carbocycles. The van der Waals surface area contributed by atoms with Crippen LogP contribution in [0.2, 0.25) is 0 Å². The van der Waals surface area contributed by atoms with Gasteiger partial charge in [-0.1, -0.05) is 18.2 Å². The van der Waals surface area contributed by atoms with Crippen LogP contribution in [0.4, 0.5) is 5.69 Å². The van der Waals surface area contributed by atoms with Gasteiger partial charge in [-0.15, -0.1) is 0 Å². The number of hydrogen-bond donors (Lipinski definition) is 2. The van der Waals surface area contributed by atoms with E-state index < -0.39 is 0 Å². The van der Waals surface area contributed by atoms with Crippen molar-refractivity contribution in [3.05, 3.63) is 30.3 Å². The van der Waals surface area contributed by atoms with E-state index in [0.29, 0.717) is 6.54 Å². The maximum atomic E-state index is 10.9. The van der Waals surface area contributed by atoms with Gasteiger partial charge in [0.15, 0.2) is 5.11 Å². The molecule has 0 bridgehead atoms. The number of nitrogens with one attached hydrogen (secondary N) is 1. The Bertz CT molecular complexity index is 443. The minimum Gasteiger partial charge on any atom is -0.369 e. The van der Waals surface area contributed by atoms with Gasteiger partial charge >= 0.3 is 0 Å². The summed E-state index contributed by atoms with van der Waals surface area (Å²) in [7, 11) is 0. The van der Waals surface area contributed by atoms with Crippen LogP contribution in [0.3, 0.4) is 0 Å². The zero-order valence-corrected chi connectivity index (χ0v) is 11.5. The molecule has 0 radical (unpaired) electrons. The smallest absolute Gasteiger partial charge is 0.231 e. The van der Waals surface area contributed by atoms with Gasteiger partial charge < -0.3 is 16.0 Å². The molecule has 1 aliphatic rings. The number of para-hydroxylation sites is 1. The monoisotopic (exact) mass is 278 g/mol. The average molecular weight is 278 g/mol. The first kappa shape index (κ1) is 13.8. The van der Waals surface area contributed by atoms with Gasteiger partial charge in [0, 0.05) is 31.9 Å². The topological polar surface area (TPSA) is 61.6 Å². The van der Waals surface area contributed by atoms with E-state index in [1.54, 1.807) is 0 Å². The summed E-state index contributed by atoms with van der Waals surface area (Å²) in [6.45, 7) is 3.56. The fourth-order valence-electron chi connectivity index (χ4n) is 2.05. The van der Waals surface area contributed by atoms with Crippen molar-refractivity contribution in [2.75, 3.05) is 38.0 Å². The lowest BCUT2D eigenvalue weighted by atomic mass is 10.3. The average Bonchev–Trinajstić information content (AvgIpc) is 2.40. The number of piperazine rings is 1. The highest BCUT2D eigenvalue weighted by Crippen LogP contribution is 2.08. The first-order valence-electron chi connectivity index (χ1n) is 6.27. The summed E-state index contributed by atoms with van der Waals surface area (Å²) >= 11 is 5.39. The summed E-state index contributed by atoms with van der Waals surface area (Å²) in [5.74, 6) is -0.279. The van der Waals surface area contributed by atoms with Crippen LogP contribution in [0.1, 0.15) is 0 Å². The van der Waals surface area contributed by atoms with Crippen LogP contribution in [0.5, 0.6) is 0 Å². The Morgan fingerprint density at radius 3 is 2.42 bits per heavy atom. The third kappa shape index (κ3) is 4.18. The Hall–Kier alpha value is -1.66. The molecular formula is C13H18N4OS. The molecule has 1 aromatic rings. The zero-order chi connectivity index (χ0) is 13.7. The van der Waals surface area contributed by atoms with E-state index >= 15 is 0 Å². The molecule has 1 heterocycles. The highest BCUT2D eigenvalue weighted by molar-refractivity contribution is 7.80. The zero-order valence-electron chi connectivity index (χ0n) is 10.7. The van der Waals surface area contributed by atoms with Gasteiger partial charge in [0.25, 0.3) is 0 Å². The van der Waals surface area contributed by atoms with E-state index in [0.717, 1.165) is 37.0 Å². The number of nitrogens with two attached hydrogens (primary N) is 1. The minimum atomic E-state index is -0.279. The molecule has 0 unspecified atom stereocenters. The predicted molar refractivity (Wildman–Crippen MR) is 79.9 cm³/mol. The van der Waals surface area contributed by atoms with Crippen LogP contribution in [-0.4, -0.2) is 53.5 Å². The molecule has 1 fully saturated rings. The van der Waals surface area contributed by atoms with E-state index in [1.165, 1.54) is 0 Å². The summed E-state index contributed by atoms with van der Waals surface area (Å²) in [5, 5.41) is 3.94. The third-order valence-corrected chi connectivity index (χ3v) is 3.42. The van der Waals surface area contributed by atoms with Crippen molar-refractivity contribution in [2.45, 2.75) is 0 Å². The second-order valence-electron chi connectivity index (χ2n) is 4.53. The molecule has 2 rings (SSSR count). The van der Waals surface area contributed by atoms with E-state index in [2.05, 4.69) is 10.2 Å². The predicted octanol–water partition coefficient (Wildman–Crippen LogP) is 0.486. The maximum Gasteiger partial charge on any atom is 0.231 e. The van der Waals surface area contributed by atoms with Crippen molar-refractivity contribution in [3.8, 4) is 0 Å². The van der Waals surface area contributed by atoms with Crippen molar-refractivity contribution >= 4 is 28.9 Å². The molecule has 0 aliphatic carbocycles. The van der Waals surface area contributed by atoms with Crippen LogP contribution >= 0.6 is 12.2 Å². The molecule has 0 spiro atoms. The number of benzene rings is 1. The summed E-state index contributed by atoms with van der Waals surface area (Å²) < 4.78 is 0. The van der Waals surface area contributed by atoms with Crippen LogP contribution in [0.25, 0.3) is 0 Å². The Morgan fingerprint density at radius 2 is 1.84 bits per heavy atom. The lowest BCUT2D eigenvalue weighted by molar-refractivity contribution is -0.119. The number of amides is 1. The number of anilines is 1. The first-order valence-corrected chi connectivity index (χ1v) is 6.67. The summed E-state index contributed by atoms with van der Waals surface area (Å²) in [4.78, 5) is 15.0. The Balaban J connectivity index is 1.81. The van der Waals surface area contributed by atoms with E-state index in [1.807, 2.05) is 35.2 Å². The molecule has 1 saturated heterocycles. The minimum absolute atomic E-state index is 0.279. The molecule has 1 aliphatic heterocycles. The van der Waals surface area contributed by atoms with Crippen LogP contribution < -0.4 is 11.1 Å². The van der Waals surface area contributed by atoms with Gasteiger partial charge in [-0.05, 0) is 24.4 Å². The van der Waals surface area contributed by atoms with Crippen LogP contribution in [0, 0.1) is 0 Å². The van der Waals surface area contributed by atoms with Gasteiger partial charge in [-0.25, -0.2) is 0 Å². The van der Waals surface area contributed by atoms with Crippen molar-refractivity contribution in [2.24, 2.45) is 5.73 Å². The third-order valence-electron chi connectivity index (χ3n) is 3.06. The number of carbonyl (C=O) groups excluding carboxylic acids is 1. The summed E-state index contributed by atoms with van der Waals surface area (Å²) in [6, 6.07) is 9.87. The Labute approximate surface area is 118 Å². The molecule has 102 valence electrons. The van der Waals surface area contributed by atoms with Crippen LogP contribution in [0.15, 0.2) is 30.3 Å². The lowest BCUT2D eigenvalue weighted by Gasteiger charge is -2.35. The number of primary amides is 1. The fraction of sp³-hybridized carbons (Fsp3) is 0.385. The van der Waals surface area contributed by atoms with E-state index in [4.69, 9.17) is 18.0 Å². The SMILES string of the molecule is NC(=O)CN1CCN(C(=S)Nc2ccccc2)CC1. The van der Waals surface area contributed by atoms with Crippen molar-refractivity contribution in [3.63, 3.8) is 0 Å². The van der Waals surface area contributed by atoms with Crippen molar-refractivity contribution in [1.29, 1.82) is 0 Å². The molecule has 19 heavy (non-hydrogen) atoms. The van der Waals surface area contributed by atoms with Gasteiger partial charge in [0.05, 0.1) is 6.54 Å². The molecule has 5 nitrogen and oxygen atoms in total. The highest BCUT2D eigenvalue weighted by Gasteiger charge is 2.19. The van der Waals surface area contributed by atoms with Crippen LogP contribution in [-0.2, 0) is 4.79 Å². The summed E-state index contributed by atoms with van der Waals surface area (Å²) in [6.07, 6.45) is 0. The largest absolute Gasteiger partial charge is 0.369 e. The second kappa shape index (κ2) is 6.49. The van der Waals surface area contributed by atoms with E-state index in [-0.39, 0.29) is 5.91 Å². The van der Waals surface area contributed by atoms with E-state index in [9.17, 15) is 4.79 Å². The Morgan fingerprint density at radius 1 is 1.21 bits per heavy atom. The van der Waals surface area contributed by atoms with Gasteiger partial charge in [0.2, 0.25) is 5.91 Å². The summed E-state index contributed by atoms with van der Waals surface area (Å²) in [5.41, 5.74) is 6.18. The first-order chi connectivity index (χ1) is 9.15. The number of rotatable bonds is 3. The van der Waals surface area contributed by atoms with Crippen molar-refractivity contribution < 1.29 is 4.79 Å². The molecule has 1 amide bonds. The molecular weight excluding hydrogens is 260 g/mol. The standard InChI is InChI=1S/C13H18N4OS/c14-12(18)10-16-6-8-17(9-7-16)13(19)15-11-4-2-1-3-5-11/h1-5H,6-10H2,(H2,14,18)(H,15,19). The van der Waals surface area contributed by atoms with Gasteiger partial charge in [-0.3, -0.25) is 9.69 Å². The lowest BCUT2D eigenvalue weighted by Crippen LogP contribution is -2.51. The Kier molecular flexibility index (Phi) is 4.70. The van der Waals surface area contributed by atoms with Gasteiger partial charge in [-0.2, -0.15) is 0 Å². The maximum absolute atomic E-state index is 10.9. The molecule has 0 aromatic heterocycles. The quantitative estimate of drug-likeness (QED) is 0.788. The number of nitrogens with zero attached hydrogens (tertiary/aromatic N) is 2. The highest BCUT2D eigenvalue weighted by atomic mass is 32.1. The number of carbonyl (C=O) groups is 1.